The van der Waals surface area contributed by atoms with E-state index in [1.807, 2.05) is 6.07 Å². The van der Waals surface area contributed by atoms with E-state index in [4.69, 9.17) is 15.7 Å². The van der Waals surface area contributed by atoms with Gasteiger partial charge in [0, 0.05) is 48.1 Å². The first-order chi connectivity index (χ1) is 16.4. The zero-order valence-electron chi connectivity index (χ0n) is 18.0. The van der Waals surface area contributed by atoms with Gasteiger partial charge in [0.1, 0.15) is 23.8 Å². The molecule has 1 aliphatic heterocycles. The van der Waals surface area contributed by atoms with Crippen molar-refractivity contribution in [2.75, 3.05) is 25.7 Å². The summed E-state index contributed by atoms with van der Waals surface area (Å²) in [5, 5.41) is 12.8. The highest BCUT2D eigenvalue weighted by Gasteiger charge is 2.68. The number of fused-ring (bicyclic) bond motifs is 2. The van der Waals surface area contributed by atoms with E-state index in [-0.39, 0.29) is 22.2 Å². The Bertz CT molecular complexity index is 1380. The first kappa shape index (κ1) is 22.4. The number of nitrogens with zero attached hydrogens (tertiary/aromatic N) is 4. The molecule has 34 heavy (non-hydrogen) atoms. The van der Waals surface area contributed by atoms with Gasteiger partial charge in [-0.3, -0.25) is 4.98 Å². The molecule has 1 aromatic carbocycles. The van der Waals surface area contributed by atoms with Crippen molar-refractivity contribution in [2.24, 2.45) is 16.6 Å². The van der Waals surface area contributed by atoms with Crippen molar-refractivity contribution in [2.45, 2.75) is 16.7 Å². The lowest BCUT2D eigenvalue weighted by Crippen LogP contribution is -2.41. The van der Waals surface area contributed by atoms with E-state index in [9.17, 15) is 8.78 Å². The van der Waals surface area contributed by atoms with Gasteiger partial charge in [0.2, 0.25) is 0 Å². The Balaban J connectivity index is 1.59. The molecule has 3 heterocycles. The van der Waals surface area contributed by atoms with E-state index in [0.717, 1.165) is 6.07 Å². The fourth-order valence-electron chi connectivity index (χ4n) is 4.71. The number of alkyl halides is 1. The Labute approximate surface area is 197 Å². The Kier molecular flexibility index (Phi) is 5.37. The van der Waals surface area contributed by atoms with Crippen LogP contribution >= 0.6 is 11.8 Å². The first-order valence-electron chi connectivity index (χ1n) is 10.4. The Morgan fingerprint density at radius 1 is 1.32 bits per heavy atom. The van der Waals surface area contributed by atoms with Crippen LogP contribution in [-0.4, -0.2) is 40.3 Å². The summed E-state index contributed by atoms with van der Waals surface area (Å²) in [4.78, 5) is 12.8. The molecule has 5 rings (SSSR count). The molecule has 0 saturated heterocycles. The number of nitrogens with one attached hydrogen (secondary N) is 1. The molecule has 0 amide bonds. The number of ether oxygens (including phenoxy) is 1. The van der Waals surface area contributed by atoms with Crippen molar-refractivity contribution in [1.29, 1.82) is 5.26 Å². The summed E-state index contributed by atoms with van der Waals surface area (Å²) in [7, 11) is 1.53. The number of hydrogen-bond donors (Lipinski definition) is 2. The van der Waals surface area contributed by atoms with Gasteiger partial charge in [-0.1, -0.05) is 11.8 Å². The molecule has 2 aromatic heterocycles. The normalized spacial score (nSPS) is 25.4. The molecule has 7 nitrogen and oxygen atoms in total. The quantitative estimate of drug-likeness (QED) is 0.541. The molecule has 174 valence electrons. The number of halogens is 3. The number of rotatable bonds is 6. The number of nitriles is 1. The highest BCUT2D eigenvalue weighted by atomic mass is 32.2. The smallest absolute Gasteiger partial charge is 0.164 e. The SMILES string of the molecule is COC[C@]12CC1[C@@](CF)(c1cc(Nc3nccc4cc(C#N)cnc34)cc(F)c1F)N=C(N)S2. The van der Waals surface area contributed by atoms with Gasteiger partial charge in [-0.05, 0) is 24.6 Å². The molecule has 0 bridgehead atoms. The molecule has 1 aliphatic carbocycles. The molecule has 3 aromatic rings. The number of aromatic nitrogens is 2. The zero-order chi connectivity index (χ0) is 24.1. The van der Waals surface area contributed by atoms with Crippen molar-refractivity contribution >= 4 is 39.3 Å². The predicted octanol–water partition coefficient (Wildman–Crippen LogP) is 4.15. The van der Waals surface area contributed by atoms with Crippen LogP contribution in [0.25, 0.3) is 10.9 Å². The fourth-order valence-corrected chi connectivity index (χ4v) is 6.10. The Morgan fingerprint density at radius 2 is 2.15 bits per heavy atom. The van der Waals surface area contributed by atoms with Crippen LogP contribution in [0.1, 0.15) is 17.5 Å². The van der Waals surface area contributed by atoms with Gasteiger partial charge in [-0.25, -0.2) is 23.1 Å². The number of nitrogens with two attached hydrogens (primary N) is 1. The second kappa shape index (κ2) is 8.14. The minimum absolute atomic E-state index is 0.106. The van der Waals surface area contributed by atoms with Gasteiger partial charge in [0.05, 0.1) is 16.9 Å². The van der Waals surface area contributed by atoms with E-state index in [1.54, 1.807) is 12.1 Å². The van der Waals surface area contributed by atoms with Crippen LogP contribution in [0.3, 0.4) is 0 Å². The maximum atomic E-state index is 15.1. The number of pyridine rings is 2. The van der Waals surface area contributed by atoms with Crippen molar-refractivity contribution in [1.82, 2.24) is 9.97 Å². The summed E-state index contributed by atoms with van der Waals surface area (Å²) in [5.74, 6) is -2.46. The van der Waals surface area contributed by atoms with Crippen molar-refractivity contribution in [3.8, 4) is 6.07 Å². The third kappa shape index (κ3) is 3.45. The molecule has 1 fully saturated rings. The molecule has 1 saturated carbocycles. The first-order valence-corrected chi connectivity index (χ1v) is 11.2. The van der Waals surface area contributed by atoms with Gasteiger partial charge in [-0.2, -0.15) is 5.26 Å². The maximum Gasteiger partial charge on any atom is 0.164 e. The molecule has 1 unspecified atom stereocenters. The lowest BCUT2D eigenvalue weighted by atomic mass is 9.84. The predicted molar refractivity (Wildman–Crippen MR) is 123 cm³/mol. The van der Waals surface area contributed by atoms with Crippen LogP contribution in [0.15, 0.2) is 41.7 Å². The third-order valence-electron chi connectivity index (χ3n) is 6.30. The van der Waals surface area contributed by atoms with Gasteiger partial charge in [0.25, 0.3) is 0 Å². The van der Waals surface area contributed by atoms with Gasteiger partial charge >= 0.3 is 0 Å². The summed E-state index contributed by atoms with van der Waals surface area (Å²) < 4.78 is 49.3. The van der Waals surface area contributed by atoms with Gasteiger partial charge in [-0.15, -0.1) is 0 Å². The number of aliphatic imine (C=N–C) groups is 1. The van der Waals surface area contributed by atoms with E-state index in [0.29, 0.717) is 29.5 Å². The average Bonchev–Trinajstić information content (AvgIpc) is 3.55. The number of amidine groups is 1. The van der Waals surface area contributed by atoms with E-state index in [2.05, 4.69) is 20.3 Å². The molecule has 2 aliphatic rings. The van der Waals surface area contributed by atoms with Gasteiger partial charge < -0.3 is 15.8 Å². The molecule has 0 radical (unpaired) electrons. The molecular weight excluding hydrogens is 465 g/mol. The lowest BCUT2D eigenvalue weighted by Gasteiger charge is -2.35. The van der Waals surface area contributed by atoms with E-state index >= 15 is 4.39 Å². The summed E-state index contributed by atoms with van der Waals surface area (Å²) in [6, 6.07) is 7.65. The largest absolute Gasteiger partial charge is 0.383 e. The van der Waals surface area contributed by atoms with Crippen molar-refractivity contribution < 1.29 is 17.9 Å². The summed E-state index contributed by atoms with van der Waals surface area (Å²) in [6.07, 6.45) is 3.40. The van der Waals surface area contributed by atoms with Crippen molar-refractivity contribution in [3.63, 3.8) is 0 Å². The topological polar surface area (TPSA) is 109 Å². The fraction of sp³-hybridized carbons (Fsp3) is 0.304. The number of benzene rings is 1. The standard InChI is InChI=1S/C23H19F3N6OS/c1-33-11-22-7-17(22)23(10-24,32-21(28)34-22)15-5-14(6-16(25)18(15)26)31-20-19-13(2-3-29-20)4-12(8-27)9-30-19/h2-6,9,17H,7,10-11H2,1H3,(H2,28,32)(H,29,31)/t17?,22-,23-/m1/s1. The average molecular weight is 485 g/mol. The van der Waals surface area contributed by atoms with Crippen LogP contribution in [0, 0.1) is 28.9 Å². The monoisotopic (exact) mass is 484 g/mol. The van der Waals surface area contributed by atoms with Gasteiger partial charge in [0.15, 0.2) is 22.6 Å². The highest BCUT2D eigenvalue weighted by molar-refractivity contribution is 8.15. The minimum Gasteiger partial charge on any atom is -0.383 e. The number of thioether (sulfide) groups is 1. The van der Waals surface area contributed by atoms with Crippen LogP contribution in [-0.2, 0) is 10.3 Å². The Hall–Kier alpha value is -3.36. The molecule has 0 spiro atoms. The van der Waals surface area contributed by atoms with Crippen LogP contribution in [0.2, 0.25) is 0 Å². The summed E-state index contributed by atoms with van der Waals surface area (Å²) in [5.41, 5.74) is 5.09. The molecule has 3 atom stereocenters. The summed E-state index contributed by atoms with van der Waals surface area (Å²) in [6.45, 7) is -0.756. The number of anilines is 2. The summed E-state index contributed by atoms with van der Waals surface area (Å²) >= 11 is 1.28. The molecule has 11 heteroatoms. The lowest BCUT2D eigenvalue weighted by molar-refractivity contribution is 0.176. The van der Waals surface area contributed by atoms with E-state index in [1.165, 1.54) is 37.3 Å². The second-order valence-corrected chi connectivity index (χ2v) is 9.81. The van der Waals surface area contributed by atoms with Crippen molar-refractivity contribution in [3.05, 3.63) is 59.4 Å². The van der Waals surface area contributed by atoms with Crippen LogP contribution < -0.4 is 11.1 Å². The molecule has 3 N–H and O–H groups in total. The minimum atomic E-state index is -1.66. The van der Waals surface area contributed by atoms with Crippen LogP contribution in [0.5, 0.6) is 0 Å². The third-order valence-corrected chi connectivity index (χ3v) is 7.57. The van der Waals surface area contributed by atoms with E-state index < -0.39 is 34.5 Å². The highest BCUT2D eigenvalue weighted by Crippen LogP contribution is 2.66. The van der Waals surface area contributed by atoms with Crippen LogP contribution in [0.4, 0.5) is 24.7 Å². The zero-order valence-corrected chi connectivity index (χ0v) is 18.8. The second-order valence-electron chi connectivity index (χ2n) is 8.38. The Morgan fingerprint density at radius 3 is 2.88 bits per heavy atom. The molecular formula is C23H19F3N6OS. The number of methoxy groups -OCH3 is 1. The number of hydrogen-bond acceptors (Lipinski definition) is 8. The maximum absolute atomic E-state index is 15.1.